The lowest BCUT2D eigenvalue weighted by molar-refractivity contribution is -0.150. The van der Waals surface area contributed by atoms with E-state index in [9.17, 15) is 19.8 Å². The Morgan fingerprint density at radius 3 is 2.70 bits per heavy atom. The van der Waals surface area contributed by atoms with Crippen molar-refractivity contribution in [1.29, 1.82) is 0 Å². The van der Waals surface area contributed by atoms with Crippen molar-refractivity contribution in [2.75, 3.05) is 19.6 Å². The number of β-amino-alcohol motifs (C(OH)–C–C–N with tert-alkyl or cyclic N) is 1. The minimum Gasteiger partial charge on any atom is -0.388 e. The summed E-state index contributed by atoms with van der Waals surface area (Å²) in [7, 11) is 0. The minimum atomic E-state index is -1.40. The van der Waals surface area contributed by atoms with E-state index in [1.165, 1.54) is 11.8 Å². The summed E-state index contributed by atoms with van der Waals surface area (Å²) in [6.07, 6.45) is -0.899. The van der Waals surface area contributed by atoms with Crippen LogP contribution in [0.25, 0.3) is 0 Å². The van der Waals surface area contributed by atoms with Gasteiger partial charge in [0.25, 0.3) is 0 Å². The summed E-state index contributed by atoms with van der Waals surface area (Å²) >= 11 is 0. The predicted octanol–water partition coefficient (Wildman–Crippen LogP) is -1.04. The van der Waals surface area contributed by atoms with E-state index in [4.69, 9.17) is 0 Å². The van der Waals surface area contributed by atoms with Crippen molar-refractivity contribution in [3.63, 3.8) is 0 Å². The fourth-order valence-corrected chi connectivity index (χ4v) is 2.74. The van der Waals surface area contributed by atoms with E-state index in [0.29, 0.717) is 6.54 Å². The number of nitrogens with zero attached hydrogens (tertiary/aromatic N) is 3. The standard InChI is InChI=1S/C15H24N4O4/c1-10-6-11(2)19(17-10)8-14(22)18-5-4-15(23,13(21)7-18)9-16-12(3)20/h6,13,21,23H,4-5,7-9H2,1-3H3,(H,16,20)/t13-,15-/m1/s1. The van der Waals surface area contributed by atoms with Crippen LogP contribution < -0.4 is 5.32 Å². The SMILES string of the molecule is CC(=O)NC[C@]1(O)CCN(C(=O)Cn2nc(C)cc2C)C[C@H]1O. The first kappa shape index (κ1) is 17.4. The molecule has 1 aliphatic heterocycles. The molecule has 0 saturated carbocycles. The molecule has 2 heterocycles. The van der Waals surface area contributed by atoms with Gasteiger partial charge >= 0.3 is 0 Å². The van der Waals surface area contributed by atoms with Gasteiger partial charge in [0, 0.05) is 32.3 Å². The number of likely N-dealkylation sites (tertiary alicyclic amines) is 1. The van der Waals surface area contributed by atoms with Crippen LogP contribution in [0, 0.1) is 13.8 Å². The Morgan fingerprint density at radius 2 is 2.17 bits per heavy atom. The van der Waals surface area contributed by atoms with Gasteiger partial charge in [0.15, 0.2) is 0 Å². The maximum Gasteiger partial charge on any atom is 0.244 e. The third-order valence-electron chi connectivity index (χ3n) is 4.21. The van der Waals surface area contributed by atoms with Gasteiger partial charge in [0.05, 0.1) is 5.69 Å². The molecule has 8 heteroatoms. The molecule has 8 nitrogen and oxygen atoms in total. The summed E-state index contributed by atoms with van der Waals surface area (Å²) in [5.41, 5.74) is 0.343. The molecule has 0 bridgehead atoms. The lowest BCUT2D eigenvalue weighted by Gasteiger charge is -2.42. The molecule has 0 aromatic carbocycles. The van der Waals surface area contributed by atoms with Crippen molar-refractivity contribution >= 4 is 11.8 Å². The number of piperidine rings is 1. The van der Waals surface area contributed by atoms with Crippen molar-refractivity contribution < 1.29 is 19.8 Å². The third-order valence-corrected chi connectivity index (χ3v) is 4.21. The number of carbonyl (C=O) groups excluding carboxylic acids is 2. The average Bonchev–Trinajstić information content (AvgIpc) is 2.78. The maximum absolute atomic E-state index is 12.4. The molecule has 2 rings (SSSR count). The first-order valence-electron chi connectivity index (χ1n) is 7.65. The molecular weight excluding hydrogens is 300 g/mol. The topological polar surface area (TPSA) is 108 Å². The van der Waals surface area contributed by atoms with Gasteiger partial charge in [-0.2, -0.15) is 5.10 Å². The van der Waals surface area contributed by atoms with Crippen molar-refractivity contribution in [1.82, 2.24) is 20.0 Å². The number of aliphatic hydroxyl groups excluding tert-OH is 1. The van der Waals surface area contributed by atoms with E-state index in [2.05, 4.69) is 10.4 Å². The van der Waals surface area contributed by atoms with Gasteiger partial charge in [-0.25, -0.2) is 0 Å². The molecule has 1 aromatic rings. The molecule has 23 heavy (non-hydrogen) atoms. The highest BCUT2D eigenvalue weighted by atomic mass is 16.3. The lowest BCUT2D eigenvalue weighted by atomic mass is 9.88. The van der Waals surface area contributed by atoms with Gasteiger partial charge in [-0.15, -0.1) is 0 Å². The average molecular weight is 324 g/mol. The van der Waals surface area contributed by atoms with Crippen LogP contribution in [-0.2, 0) is 16.1 Å². The van der Waals surface area contributed by atoms with E-state index in [-0.39, 0.29) is 37.9 Å². The van der Waals surface area contributed by atoms with Gasteiger partial charge in [-0.3, -0.25) is 14.3 Å². The van der Waals surface area contributed by atoms with Gasteiger partial charge in [-0.1, -0.05) is 0 Å². The third kappa shape index (κ3) is 4.08. The van der Waals surface area contributed by atoms with E-state index in [0.717, 1.165) is 11.4 Å². The Kier molecular flexibility index (Phi) is 5.06. The van der Waals surface area contributed by atoms with Crippen molar-refractivity contribution in [2.24, 2.45) is 0 Å². The highest BCUT2D eigenvalue weighted by Crippen LogP contribution is 2.22. The quantitative estimate of drug-likeness (QED) is 0.656. The Labute approximate surface area is 135 Å². The Morgan fingerprint density at radius 1 is 1.48 bits per heavy atom. The zero-order chi connectivity index (χ0) is 17.2. The lowest BCUT2D eigenvalue weighted by Crippen LogP contribution is -2.61. The normalized spacial score (nSPS) is 24.6. The van der Waals surface area contributed by atoms with E-state index in [1.54, 1.807) is 4.68 Å². The summed E-state index contributed by atoms with van der Waals surface area (Å²) in [5, 5.41) is 27.3. The zero-order valence-electron chi connectivity index (χ0n) is 13.7. The second-order valence-electron chi connectivity index (χ2n) is 6.20. The fraction of sp³-hybridized carbons (Fsp3) is 0.667. The van der Waals surface area contributed by atoms with Crippen LogP contribution in [0.2, 0.25) is 0 Å². The summed E-state index contributed by atoms with van der Waals surface area (Å²) in [5.74, 6) is -0.425. The highest BCUT2D eigenvalue weighted by molar-refractivity contribution is 5.76. The number of aromatic nitrogens is 2. The second kappa shape index (κ2) is 6.67. The Hall–Kier alpha value is -1.93. The predicted molar refractivity (Wildman–Crippen MR) is 82.5 cm³/mol. The molecule has 1 aromatic heterocycles. The number of hydrogen-bond acceptors (Lipinski definition) is 5. The van der Waals surface area contributed by atoms with Crippen LogP contribution >= 0.6 is 0 Å². The van der Waals surface area contributed by atoms with E-state index >= 15 is 0 Å². The number of amides is 2. The fourth-order valence-electron chi connectivity index (χ4n) is 2.74. The number of rotatable bonds is 4. The van der Waals surface area contributed by atoms with E-state index < -0.39 is 11.7 Å². The smallest absolute Gasteiger partial charge is 0.244 e. The van der Waals surface area contributed by atoms with Gasteiger partial charge in [0.1, 0.15) is 18.2 Å². The molecule has 0 spiro atoms. The molecule has 3 N–H and O–H groups in total. The van der Waals surface area contributed by atoms with Gasteiger partial charge in [-0.05, 0) is 26.3 Å². The summed E-state index contributed by atoms with van der Waals surface area (Å²) in [6.45, 7) is 5.53. The molecule has 1 fully saturated rings. The molecular formula is C15H24N4O4. The zero-order valence-corrected chi connectivity index (χ0v) is 13.7. The van der Waals surface area contributed by atoms with Crippen LogP contribution in [-0.4, -0.2) is 68.0 Å². The second-order valence-corrected chi connectivity index (χ2v) is 6.20. The van der Waals surface area contributed by atoms with Crippen molar-refractivity contribution in [2.45, 2.75) is 45.4 Å². The number of carbonyl (C=O) groups is 2. The summed E-state index contributed by atoms with van der Waals surface area (Å²) in [4.78, 5) is 24.8. The first-order valence-corrected chi connectivity index (χ1v) is 7.65. The minimum absolute atomic E-state index is 0.0248. The molecule has 0 aliphatic carbocycles. The van der Waals surface area contributed by atoms with Crippen LogP contribution in [0.4, 0.5) is 0 Å². The molecule has 128 valence electrons. The number of nitrogens with one attached hydrogen (secondary N) is 1. The molecule has 2 amide bonds. The molecule has 1 aliphatic rings. The number of aryl methyl sites for hydroxylation is 2. The molecule has 0 radical (unpaired) electrons. The maximum atomic E-state index is 12.4. The number of aliphatic hydroxyl groups is 2. The summed E-state index contributed by atoms with van der Waals surface area (Å²) in [6, 6.07) is 1.89. The van der Waals surface area contributed by atoms with Crippen molar-refractivity contribution in [3.8, 4) is 0 Å². The highest BCUT2D eigenvalue weighted by Gasteiger charge is 2.41. The Balaban J connectivity index is 1.95. The van der Waals surface area contributed by atoms with Crippen molar-refractivity contribution in [3.05, 3.63) is 17.5 Å². The summed E-state index contributed by atoms with van der Waals surface area (Å²) < 4.78 is 1.63. The molecule has 2 atom stereocenters. The van der Waals surface area contributed by atoms with Crippen LogP contribution in [0.15, 0.2) is 6.07 Å². The Bertz CT molecular complexity index is 600. The molecule has 1 saturated heterocycles. The van der Waals surface area contributed by atoms with Gasteiger partial charge in [0.2, 0.25) is 11.8 Å². The first-order chi connectivity index (χ1) is 10.7. The van der Waals surface area contributed by atoms with Crippen LogP contribution in [0.3, 0.4) is 0 Å². The van der Waals surface area contributed by atoms with Gasteiger partial charge < -0.3 is 20.4 Å². The van der Waals surface area contributed by atoms with Crippen LogP contribution in [0.5, 0.6) is 0 Å². The number of hydrogen-bond donors (Lipinski definition) is 3. The largest absolute Gasteiger partial charge is 0.388 e. The van der Waals surface area contributed by atoms with E-state index in [1.807, 2.05) is 19.9 Å². The monoisotopic (exact) mass is 324 g/mol. The van der Waals surface area contributed by atoms with Crippen LogP contribution in [0.1, 0.15) is 24.7 Å². The molecule has 0 unspecified atom stereocenters.